The van der Waals surface area contributed by atoms with Crippen LogP contribution in [0.4, 0.5) is 18.0 Å². The van der Waals surface area contributed by atoms with Gasteiger partial charge in [0.1, 0.15) is 29.5 Å². The molecule has 49 heavy (non-hydrogen) atoms. The van der Waals surface area contributed by atoms with Crippen molar-refractivity contribution < 1.29 is 49.7 Å². The van der Waals surface area contributed by atoms with Crippen molar-refractivity contribution in [2.45, 2.75) is 95.1 Å². The van der Waals surface area contributed by atoms with Crippen LogP contribution in [0.2, 0.25) is 0 Å². The summed E-state index contributed by atoms with van der Waals surface area (Å²) in [5, 5.41) is 5.69. The molecule has 2 aliphatic rings. The third-order valence-corrected chi connectivity index (χ3v) is 9.38. The minimum Gasteiger partial charge on any atom is -0.444 e. The van der Waals surface area contributed by atoms with Crippen molar-refractivity contribution in [3.05, 3.63) is 65.2 Å². The van der Waals surface area contributed by atoms with Gasteiger partial charge in [0, 0.05) is 13.6 Å². The Hall–Kier alpha value is -4.34. The average molecular weight is 711 g/mol. The molecule has 2 N–H and O–H groups in total. The SMILES string of the molecule is C[C@@H](C(=O)N[C@H](C(=O)N1CCC[C@H]1C(=O)N[C@@H]1CCCc2ccccc21)c1ccc(OS(=O)(=O)C(F)(F)F)cc1)N(C)C(=O)OC(C)(C)C. The molecule has 1 saturated heterocycles. The third kappa shape index (κ3) is 9.02. The number of likely N-dealkylation sites (tertiary alicyclic amines) is 1. The number of carbonyl (C=O) groups is 4. The Morgan fingerprint density at radius 2 is 1.63 bits per heavy atom. The molecule has 0 radical (unpaired) electrons. The van der Waals surface area contributed by atoms with Crippen molar-refractivity contribution in [3.63, 3.8) is 0 Å². The lowest BCUT2D eigenvalue weighted by atomic mass is 9.87. The Bertz CT molecular complexity index is 1660. The van der Waals surface area contributed by atoms with Crippen LogP contribution in [0.1, 0.15) is 82.2 Å². The largest absolute Gasteiger partial charge is 0.534 e. The molecule has 1 aliphatic carbocycles. The summed E-state index contributed by atoms with van der Waals surface area (Å²) in [7, 11) is -4.62. The molecule has 12 nitrogen and oxygen atoms in total. The maximum Gasteiger partial charge on any atom is 0.534 e. The average Bonchev–Trinajstić information content (AvgIpc) is 3.52. The standard InChI is InChI=1S/C33H41F3N4O8S/c1-20(39(5)31(44)47-32(2,3)4)28(41)38-27(22-15-17-23(18-16-22)48-49(45,46)33(34,35)36)30(43)40-19-9-14-26(40)29(42)37-25-13-8-11-21-10-6-7-12-24(21)25/h6-7,10,12,15-18,20,25-27H,8-9,11,13-14,19H2,1-5H3,(H,37,42)(H,38,41)/t20-,25+,26-,27-/m0/s1. The van der Waals surface area contributed by atoms with Crippen LogP contribution in [0.25, 0.3) is 0 Å². The van der Waals surface area contributed by atoms with E-state index in [1.807, 2.05) is 24.3 Å². The molecule has 2 aromatic carbocycles. The molecule has 4 amide bonds. The van der Waals surface area contributed by atoms with Crippen LogP contribution >= 0.6 is 0 Å². The minimum atomic E-state index is -5.96. The minimum absolute atomic E-state index is 0.0643. The highest BCUT2D eigenvalue weighted by molar-refractivity contribution is 7.88. The summed E-state index contributed by atoms with van der Waals surface area (Å²) in [5.74, 6) is -2.50. The number of fused-ring (bicyclic) bond motifs is 1. The third-order valence-electron chi connectivity index (χ3n) is 8.40. The number of aryl methyl sites for hydroxylation is 1. The molecule has 4 rings (SSSR count). The van der Waals surface area contributed by atoms with E-state index in [1.54, 1.807) is 20.8 Å². The fourth-order valence-corrected chi connectivity index (χ4v) is 6.21. The first-order valence-electron chi connectivity index (χ1n) is 15.8. The van der Waals surface area contributed by atoms with E-state index in [0.717, 1.165) is 59.6 Å². The number of benzene rings is 2. The zero-order valence-corrected chi connectivity index (χ0v) is 28.7. The van der Waals surface area contributed by atoms with E-state index < -0.39 is 63.0 Å². The number of alkyl halides is 3. The maximum atomic E-state index is 14.2. The van der Waals surface area contributed by atoms with Gasteiger partial charge in [0.15, 0.2) is 0 Å². The zero-order valence-electron chi connectivity index (χ0n) is 27.9. The summed E-state index contributed by atoms with van der Waals surface area (Å²) in [4.78, 5) is 56.3. The summed E-state index contributed by atoms with van der Waals surface area (Å²) in [5.41, 5.74) is -4.30. The summed E-state index contributed by atoms with van der Waals surface area (Å²) >= 11 is 0. The summed E-state index contributed by atoms with van der Waals surface area (Å²) in [6.45, 7) is 6.56. The van der Waals surface area contributed by atoms with Crippen molar-refractivity contribution in [2.24, 2.45) is 0 Å². The normalized spacial score (nSPS) is 19.2. The smallest absolute Gasteiger partial charge is 0.444 e. The number of hydrogen-bond acceptors (Lipinski definition) is 8. The molecule has 2 aromatic rings. The molecular weight excluding hydrogens is 669 g/mol. The Morgan fingerprint density at radius 3 is 2.27 bits per heavy atom. The quantitative estimate of drug-likeness (QED) is 0.285. The monoisotopic (exact) mass is 710 g/mol. The van der Waals surface area contributed by atoms with Crippen LogP contribution in [0, 0.1) is 0 Å². The number of ether oxygens (including phenoxy) is 1. The van der Waals surface area contributed by atoms with Crippen LogP contribution in [-0.4, -0.2) is 78.8 Å². The van der Waals surface area contributed by atoms with Gasteiger partial charge in [-0.15, -0.1) is 0 Å². The van der Waals surface area contributed by atoms with Gasteiger partial charge in [-0.25, -0.2) is 4.79 Å². The molecule has 0 spiro atoms. The lowest BCUT2D eigenvalue weighted by Gasteiger charge is -2.33. The van der Waals surface area contributed by atoms with Gasteiger partial charge in [-0.1, -0.05) is 36.4 Å². The Kier molecular flexibility index (Phi) is 11.2. The summed E-state index contributed by atoms with van der Waals surface area (Å²) in [6.07, 6.45) is 2.54. The molecular formula is C33H41F3N4O8S. The van der Waals surface area contributed by atoms with Crippen molar-refractivity contribution in [1.29, 1.82) is 0 Å². The van der Waals surface area contributed by atoms with Gasteiger partial charge in [0.25, 0.3) is 0 Å². The van der Waals surface area contributed by atoms with E-state index in [2.05, 4.69) is 14.8 Å². The predicted molar refractivity (Wildman–Crippen MR) is 171 cm³/mol. The number of rotatable bonds is 9. The van der Waals surface area contributed by atoms with Crippen LogP contribution in [0.15, 0.2) is 48.5 Å². The molecule has 1 heterocycles. The highest BCUT2D eigenvalue weighted by Gasteiger charge is 2.48. The van der Waals surface area contributed by atoms with Crippen molar-refractivity contribution in [1.82, 2.24) is 20.4 Å². The summed E-state index contributed by atoms with van der Waals surface area (Å²) < 4.78 is 71.2. The van der Waals surface area contributed by atoms with Crippen LogP contribution in [0.3, 0.4) is 0 Å². The molecule has 0 unspecified atom stereocenters. The molecule has 0 aromatic heterocycles. The molecule has 1 fully saturated rings. The number of likely N-dealkylation sites (N-methyl/N-ethyl adjacent to an activating group) is 1. The number of halogens is 3. The van der Waals surface area contributed by atoms with Gasteiger partial charge in [-0.3, -0.25) is 19.3 Å². The van der Waals surface area contributed by atoms with E-state index >= 15 is 0 Å². The van der Waals surface area contributed by atoms with Gasteiger partial charge in [-0.05, 0) is 88.6 Å². The fraction of sp³-hybridized carbons (Fsp3) is 0.515. The van der Waals surface area contributed by atoms with Crippen LogP contribution in [0.5, 0.6) is 5.75 Å². The first-order chi connectivity index (χ1) is 22.8. The van der Waals surface area contributed by atoms with Crippen molar-refractivity contribution in [2.75, 3.05) is 13.6 Å². The van der Waals surface area contributed by atoms with E-state index in [9.17, 15) is 40.8 Å². The highest BCUT2D eigenvalue weighted by Crippen LogP contribution is 2.32. The maximum absolute atomic E-state index is 14.2. The highest BCUT2D eigenvalue weighted by atomic mass is 32.2. The van der Waals surface area contributed by atoms with E-state index in [0.29, 0.717) is 12.8 Å². The van der Waals surface area contributed by atoms with Gasteiger partial charge in [0.2, 0.25) is 17.7 Å². The molecule has 1 aliphatic heterocycles. The number of nitrogens with one attached hydrogen (secondary N) is 2. The van der Waals surface area contributed by atoms with Gasteiger partial charge < -0.3 is 24.5 Å². The van der Waals surface area contributed by atoms with E-state index in [4.69, 9.17) is 4.74 Å². The first kappa shape index (κ1) is 37.5. The second-order valence-electron chi connectivity index (χ2n) is 13.1. The lowest BCUT2D eigenvalue weighted by Crippen LogP contribution is -2.53. The molecule has 0 saturated carbocycles. The number of amides is 4. The first-order valence-corrected chi connectivity index (χ1v) is 17.3. The van der Waals surface area contributed by atoms with Gasteiger partial charge in [0.05, 0.1) is 6.04 Å². The number of hydrogen-bond donors (Lipinski definition) is 2. The van der Waals surface area contributed by atoms with Gasteiger partial charge in [-0.2, -0.15) is 21.6 Å². The Morgan fingerprint density at radius 1 is 0.980 bits per heavy atom. The van der Waals surface area contributed by atoms with Crippen molar-refractivity contribution >= 4 is 33.9 Å². The Labute approximate surface area is 283 Å². The fourth-order valence-electron chi connectivity index (χ4n) is 5.75. The molecule has 16 heteroatoms. The van der Waals surface area contributed by atoms with Crippen LogP contribution < -0.4 is 14.8 Å². The molecule has 268 valence electrons. The topological polar surface area (TPSA) is 151 Å². The second kappa shape index (κ2) is 14.6. The van der Waals surface area contributed by atoms with Crippen LogP contribution in [-0.2, 0) is 35.7 Å². The second-order valence-corrected chi connectivity index (χ2v) is 14.6. The molecule has 4 atom stereocenters. The number of carbonyl (C=O) groups excluding carboxylic acids is 4. The van der Waals surface area contributed by atoms with Crippen molar-refractivity contribution in [3.8, 4) is 5.75 Å². The predicted octanol–water partition coefficient (Wildman–Crippen LogP) is 4.51. The molecule has 0 bridgehead atoms. The van der Waals surface area contributed by atoms with E-state index in [1.165, 1.54) is 18.9 Å². The zero-order chi connectivity index (χ0) is 36.3. The van der Waals surface area contributed by atoms with E-state index in [-0.39, 0.29) is 24.1 Å². The van der Waals surface area contributed by atoms with Gasteiger partial charge >= 0.3 is 21.7 Å². The number of nitrogens with zero attached hydrogens (tertiary/aromatic N) is 2. The lowest BCUT2D eigenvalue weighted by molar-refractivity contribution is -0.142. The summed E-state index contributed by atoms with van der Waals surface area (Å²) in [6, 6.07) is 8.19. The Balaban J connectivity index is 1.59.